The number of morpholine rings is 1. The van der Waals surface area contributed by atoms with E-state index in [1.807, 2.05) is 31.2 Å². The van der Waals surface area contributed by atoms with Crippen molar-refractivity contribution in [3.05, 3.63) is 48.5 Å². The van der Waals surface area contributed by atoms with Crippen molar-refractivity contribution in [2.75, 3.05) is 33.4 Å². The summed E-state index contributed by atoms with van der Waals surface area (Å²) in [5.74, 6) is 1.63. The maximum atomic E-state index is 12.7. The minimum atomic E-state index is -3.56. The van der Waals surface area contributed by atoms with Crippen molar-refractivity contribution in [1.82, 2.24) is 19.5 Å². The largest absolute Gasteiger partial charge is 0.497 e. The molecule has 1 aliphatic heterocycles. The number of aromatic nitrogens is 3. The van der Waals surface area contributed by atoms with Crippen molar-refractivity contribution in [2.24, 2.45) is 0 Å². The van der Waals surface area contributed by atoms with Gasteiger partial charge in [-0.25, -0.2) is 13.4 Å². The summed E-state index contributed by atoms with van der Waals surface area (Å²) in [6, 6.07) is 10.6. The molecule has 0 saturated carbocycles. The second-order valence-electron chi connectivity index (χ2n) is 6.78. The van der Waals surface area contributed by atoms with Gasteiger partial charge in [-0.3, -0.25) is 0 Å². The van der Waals surface area contributed by atoms with Crippen LogP contribution >= 0.6 is 11.8 Å². The Balaban J connectivity index is 1.43. The Morgan fingerprint density at radius 1 is 1.10 bits per heavy atom. The number of ether oxygens (including phenoxy) is 2. The molecule has 0 spiro atoms. The molecule has 1 saturated heterocycles. The molecule has 1 atom stereocenters. The van der Waals surface area contributed by atoms with Gasteiger partial charge in [0, 0.05) is 24.8 Å². The fraction of sp³-hybridized carbons (Fsp3) is 0.350. The van der Waals surface area contributed by atoms with Gasteiger partial charge < -0.3 is 13.9 Å². The third-order valence-electron chi connectivity index (χ3n) is 4.74. The number of hydrogen-bond donors (Lipinski definition) is 0. The van der Waals surface area contributed by atoms with Crippen molar-refractivity contribution >= 4 is 21.8 Å². The van der Waals surface area contributed by atoms with Crippen LogP contribution < -0.4 is 4.74 Å². The van der Waals surface area contributed by atoms with E-state index >= 15 is 0 Å². The van der Waals surface area contributed by atoms with E-state index in [-0.39, 0.29) is 10.1 Å². The van der Waals surface area contributed by atoms with Crippen LogP contribution in [0.3, 0.4) is 0 Å². The molecule has 0 aliphatic carbocycles. The molecule has 4 rings (SSSR count). The van der Waals surface area contributed by atoms with E-state index in [2.05, 4.69) is 15.2 Å². The summed E-state index contributed by atoms with van der Waals surface area (Å²) < 4.78 is 43.0. The Morgan fingerprint density at radius 3 is 2.48 bits per heavy atom. The van der Waals surface area contributed by atoms with E-state index in [1.165, 1.54) is 22.3 Å². The molecule has 0 radical (unpaired) electrons. The Morgan fingerprint density at radius 2 is 1.84 bits per heavy atom. The van der Waals surface area contributed by atoms with Crippen LogP contribution in [0.1, 0.15) is 18.1 Å². The minimum absolute atomic E-state index is 0.159. The Hall–Kier alpha value is -2.47. The number of rotatable bonds is 7. The lowest BCUT2D eigenvalue weighted by molar-refractivity contribution is 0.0730. The van der Waals surface area contributed by atoms with E-state index in [0.29, 0.717) is 43.1 Å². The molecule has 3 aromatic rings. The Labute approximate surface area is 184 Å². The van der Waals surface area contributed by atoms with Gasteiger partial charge in [-0.05, 0) is 43.3 Å². The average Bonchev–Trinajstić information content (AvgIpc) is 3.31. The van der Waals surface area contributed by atoms with Crippen molar-refractivity contribution in [3.8, 4) is 17.2 Å². The van der Waals surface area contributed by atoms with Gasteiger partial charge in [0.2, 0.25) is 21.8 Å². The summed E-state index contributed by atoms with van der Waals surface area (Å²) in [4.78, 5) is 4.48. The lowest BCUT2D eigenvalue weighted by Crippen LogP contribution is -2.40. The third kappa shape index (κ3) is 4.90. The molecule has 164 valence electrons. The molecule has 9 nitrogen and oxygen atoms in total. The van der Waals surface area contributed by atoms with Crippen molar-refractivity contribution in [2.45, 2.75) is 22.1 Å². The van der Waals surface area contributed by atoms with Crippen LogP contribution in [0.15, 0.2) is 56.9 Å². The number of benzene rings is 1. The molecule has 0 amide bonds. The zero-order chi connectivity index (χ0) is 21.8. The van der Waals surface area contributed by atoms with Crippen LogP contribution in [0, 0.1) is 0 Å². The summed E-state index contributed by atoms with van der Waals surface area (Å²) in [5.41, 5.74) is 0.799. The molecular weight excluding hydrogens is 440 g/mol. The fourth-order valence-corrected chi connectivity index (χ4v) is 5.18. The minimum Gasteiger partial charge on any atom is -0.497 e. The number of sulfonamides is 1. The highest BCUT2D eigenvalue weighted by molar-refractivity contribution is 7.99. The van der Waals surface area contributed by atoms with Gasteiger partial charge in [-0.15, -0.1) is 10.2 Å². The van der Waals surface area contributed by atoms with Crippen molar-refractivity contribution in [3.63, 3.8) is 0 Å². The summed E-state index contributed by atoms with van der Waals surface area (Å²) in [7, 11) is -1.95. The Bertz CT molecular complexity index is 1110. The second kappa shape index (κ2) is 9.35. The molecule has 0 N–H and O–H groups in total. The van der Waals surface area contributed by atoms with Crippen LogP contribution in [0.25, 0.3) is 11.5 Å². The van der Waals surface area contributed by atoms with E-state index in [9.17, 15) is 8.42 Å². The van der Waals surface area contributed by atoms with Gasteiger partial charge in [0.15, 0.2) is 0 Å². The SMILES string of the molecule is COc1ccc(-c2nnc(C(C)Sc3ccc(S(=O)(=O)N4CCOCC4)cn3)o2)cc1. The van der Waals surface area contributed by atoms with E-state index in [4.69, 9.17) is 13.9 Å². The van der Waals surface area contributed by atoms with Gasteiger partial charge in [0.25, 0.3) is 0 Å². The van der Waals surface area contributed by atoms with Crippen LogP contribution in [-0.2, 0) is 14.8 Å². The first-order chi connectivity index (χ1) is 15.0. The lowest BCUT2D eigenvalue weighted by atomic mass is 10.2. The third-order valence-corrected chi connectivity index (χ3v) is 7.66. The number of nitrogens with zero attached hydrogens (tertiary/aromatic N) is 4. The molecule has 11 heteroatoms. The molecular formula is C20H22N4O5S2. The average molecular weight is 463 g/mol. The summed E-state index contributed by atoms with van der Waals surface area (Å²) >= 11 is 1.41. The molecule has 31 heavy (non-hydrogen) atoms. The number of hydrogen-bond acceptors (Lipinski definition) is 9. The van der Waals surface area contributed by atoms with Gasteiger partial charge in [-0.2, -0.15) is 4.31 Å². The lowest BCUT2D eigenvalue weighted by Gasteiger charge is -2.25. The van der Waals surface area contributed by atoms with Gasteiger partial charge in [0.05, 0.1) is 30.6 Å². The van der Waals surface area contributed by atoms with Gasteiger partial charge in [-0.1, -0.05) is 11.8 Å². The molecule has 0 bridgehead atoms. The smallest absolute Gasteiger partial charge is 0.247 e. The van der Waals surface area contributed by atoms with Crippen LogP contribution in [0.2, 0.25) is 0 Å². The number of methoxy groups -OCH3 is 1. The van der Waals surface area contributed by atoms with Crippen LogP contribution in [0.4, 0.5) is 0 Å². The van der Waals surface area contributed by atoms with Gasteiger partial charge >= 0.3 is 0 Å². The first kappa shape index (κ1) is 21.8. The van der Waals surface area contributed by atoms with E-state index in [0.717, 1.165) is 11.3 Å². The van der Waals surface area contributed by atoms with Crippen molar-refractivity contribution in [1.29, 1.82) is 0 Å². The first-order valence-electron chi connectivity index (χ1n) is 9.66. The molecule has 3 heterocycles. The highest BCUT2D eigenvalue weighted by atomic mass is 32.2. The zero-order valence-electron chi connectivity index (χ0n) is 17.1. The quantitative estimate of drug-likeness (QED) is 0.490. The predicted octanol–water partition coefficient (Wildman–Crippen LogP) is 3.01. The monoisotopic (exact) mass is 462 g/mol. The number of pyridine rings is 1. The standard InChI is InChI=1S/C20H22N4O5S2/c1-14(19-22-23-20(29-19)15-3-5-16(27-2)6-4-15)30-18-8-7-17(13-21-18)31(25,26)24-9-11-28-12-10-24/h3-8,13-14H,9-12H2,1-2H3. The molecule has 1 aromatic carbocycles. The zero-order valence-corrected chi connectivity index (χ0v) is 18.7. The van der Waals surface area contributed by atoms with E-state index in [1.54, 1.807) is 19.2 Å². The van der Waals surface area contributed by atoms with Gasteiger partial charge in [0.1, 0.15) is 10.6 Å². The van der Waals surface area contributed by atoms with Crippen LogP contribution in [0.5, 0.6) is 5.75 Å². The predicted molar refractivity (Wildman–Crippen MR) is 114 cm³/mol. The second-order valence-corrected chi connectivity index (χ2v) is 10.1. The van der Waals surface area contributed by atoms with E-state index < -0.39 is 10.0 Å². The maximum absolute atomic E-state index is 12.7. The first-order valence-corrected chi connectivity index (χ1v) is 12.0. The highest BCUT2D eigenvalue weighted by Crippen LogP contribution is 2.34. The van der Waals surface area contributed by atoms with Crippen LogP contribution in [-0.4, -0.2) is 61.3 Å². The highest BCUT2D eigenvalue weighted by Gasteiger charge is 2.26. The molecule has 1 aliphatic rings. The summed E-state index contributed by atoms with van der Waals surface area (Å²) in [6.07, 6.45) is 1.39. The normalized spacial score (nSPS) is 16.2. The molecule has 1 fully saturated rings. The molecule has 1 unspecified atom stereocenters. The Kier molecular flexibility index (Phi) is 6.56. The fourth-order valence-electron chi connectivity index (χ4n) is 3.01. The summed E-state index contributed by atoms with van der Waals surface area (Å²) in [5, 5.41) is 8.76. The summed E-state index contributed by atoms with van der Waals surface area (Å²) in [6.45, 7) is 3.44. The maximum Gasteiger partial charge on any atom is 0.247 e. The number of thioether (sulfide) groups is 1. The van der Waals surface area contributed by atoms with Crippen molar-refractivity contribution < 1.29 is 22.3 Å². The topological polar surface area (TPSA) is 108 Å². The molecule has 2 aromatic heterocycles.